The van der Waals surface area contributed by atoms with E-state index < -0.39 is 14.5 Å². The van der Waals surface area contributed by atoms with E-state index >= 15 is 0 Å². The Kier molecular flexibility index (Phi) is 8.39. The minimum absolute atomic E-state index is 0. The van der Waals surface area contributed by atoms with Gasteiger partial charge in [0.05, 0.1) is 0 Å². The van der Waals surface area contributed by atoms with Crippen molar-refractivity contribution >= 4 is 28.0 Å². The van der Waals surface area contributed by atoms with Crippen LogP contribution in [0.3, 0.4) is 0 Å². The monoisotopic (exact) mass is 164 g/mol. The van der Waals surface area contributed by atoms with Gasteiger partial charge in [0.2, 0.25) is 0 Å². The Balaban J connectivity index is 0. The van der Waals surface area contributed by atoms with E-state index in [-0.39, 0.29) is 13.5 Å². The Labute approximate surface area is 40.8 Å². The van der Waals surface area contributed by atoms with Crippen LogP contribution in [0.1, 0.15) is 0 Å². The quantitative estimate of drug-likeness (QED) is 0.427. The van der Waals surface area contributed by atoms with Crippen LogP contribution in [0.2, 0.25) is 0 Å². The summed E-state index contributed by atoms with van der Waals surface area (Å²) in [5.74, 6) is 0. The molecule has 34 valence electrons. The first-order valence-corrected chi connectivity index (χ1v) is 2.76. The van der Waals surface area contributed by atoms with E-state index in [2.05, 4.69) is 0 Å². The molecule has 0 heterocycles. The maximum Gasteiger partial charge on any atom is -0.197 e. The smallest absolute Gasteiger partial charge is 0.197 e. The Morgan fingerprint density at radius 3 is 1.40 bits per heavy atom. The average Bonchev–Trinajstić information content (AvgIpc) is 0.811. The van der Waals surface area contributed by atoms with Crippen molar-refractivity contribution in [3.05, 3.63) is 0 Å². The number of hydrogen-bond acceptors (Lipinski definition) is 1. The van der Waals surface area contributed by atoms with Gasteiger partial charge in [-0.3, -0.25) is 0 Å². The second-order valence-electron chi connectivity index (χ2n) is 0.231. The molecule has 0 rings (SSSR count). The zero-order chi connectivity index (χ0) is 3.58. The Morgan fingerprint density at radius 1 is 1.40 bits per heavy atom. The fraction of sp³-hybridized carbons (Fsp3) is 0. The molecule has 0 spiro atoms. The summed E-state index contributed by atoms with van der Waals surface area (Å²) in [6.07, 6.45) is 0. The van der Waals surface area contributed by atoms with E-state index in [0.717, 1.165) is 0 Å². The number of hydrogen-bond donors (Lipinski definition) is 2. The molecule has 0 atom stereocenters. The van der Waals surface area contributed by atoms with Crippen molar-refractivity contribution in [2.45, 2.75) is 0 Å². The van der Waals surface area contributed by atoms with E-state index in [1.54, 1.807) is 0 Å². The Hall–Kier alpha value is 0.589. The van der Waals surface area contributed by atoms with E-state index in [9.17, 15) is 0 Å². The molecule has 0 aliphatic heterocycles. The molecule has 0 saturated carbocycles. The Bertz CT molecular complexity index is 29.9. The summed E-state index contributed by atoms with van der Waals surface area (Å²) in [5.41, 5.74) is 0. The second kappa shape index (κ2) is 4.59. The van der Waals surface area contributed by atoms with Crippen LogP contribution in [0, 0.1) is 0 Å². The van der Waals surface area contributed by atoms with Gasteiger partial charge in [-0.2, -0.15) is 13.5 Å². The van der Waals surface area contributed by atoms with Gasteiger partial charge < -0.3 is 0 Å². The zero-order valence-corrected chi connectivity index (χ0v) is 4.92. The second-order valence-corrected chi connectivity index (χ2v) is 1.20. The fourth-order valence-corrected chi connectivity index (χ4v) is 0. The molecular weight excluding hydrogens is 159 g/mol. The molecule has 2 N–H and O–H groups in total. The van der Waals surface area contributed by atoms with Gasteiger partial charge in [0, 0.05) is 0 Å². The SMILES string of the molecule is O=[Se](O)O.S. The standard InChI is InChI=1S/H2O3Se.H2S/c1-4(2)3;/h(H2,1,2,3);1H2. The maximum atomic E-state index is 8.76. The van der Waals surface area contributed by atoms with Crippen LogP contribution in [-0.2, 0) is 3.83 Å². The topological polar surface area (TPSA) is 57.5 Å². The molecule has 0 saturated heterocycles. The summed E-state index contributed by atoms with van der Waals surface area (Å²) >= 11 is -3.29. The summed E-state index contributed by atoms with van der Waals surface area (Å²) in [5, 5.41) is 0. The van der Waals surface area contributed by atoms with Gasteiger partial charge in [-0.25, -0.2) is 0 Å². The van der Waals surface area contributed by atoms with Crippen LogP contribution in [-0.4, -0.2) is 22.9 Å². The first-order valence-electron chi connectivity index (χ1n) is 0.532. The molecule has 5 heavy (non-hydrogen) atoms. The first kappa shape index (κ1) is 9.14. The molecule has 5 heteroatoms. The summed E-state index contributed by atoms with van der Waals surface area (Å²) in [6, 6.07) is 0. The van der Waals surface area contributed by atoms with Crippen LogP contribution in [0.4, 0.5) is 0 Å². The first-order chi connectivity index (χ1) is 1.73. The van der Waals surface area contributed by atoms with Gasteiger partial charge in [-0.05, 0) is 0 Å². The van der Waals surface area contributed by atoms with Crippen molar-refractivity contribution in [1.29, 1.82) is 0 Å². The third kappa shape index (κ3) is 88.6. The van der Waals surface area contributed by atoms with Crippen molar-refractivity contribution in [3.63, 3.8) is 0 Å². The van der Waals surface area contributed by atoms with E-state index in [1.807, 2.05) is 0 Å². The molecule has 0 aromatic rings. The minimum atomic E-state index is -3.29. The molecule has 3 nitrogen and oxygen atoms in total. The van der Waals surface area contributed by atoms with Crippen LogP contribution in [0.15, 0.2) is 0 Å². The van der Waals surface area contributed by atoms with Crippen molar-refractivity contribution < 1.29 is 12.2 Å². The van der Waals surface area contributed by atoms with Gasteiger partial charge in [0.15, 0.2) is 0 Å². The predicted molar refractivity (Wildman–Crippen MR) is 21.3 cm³/mol. The summed E-state index contributed by atoms with van der Waals surface area (Å²) in [6.45, 7) is 0. The average molecular weight is 163 g/mol. The van der Waals surface area contributed by atoms with Gasteiger partial charge >= 0.3 is 26.7 Å². The molecule has 0 fully saturated rings. The zero-order valence-electron chi connectivity index (χ0n) is 2.21. The number of rotatable bonds is 0. The Morgan fingerprint density at radius 2 is 1.40 bits per heavy atom. The molecule has 0 aromatic carbocycles. The molecule has 0 aromatic heterocycles. The molecule has 0 aliphatic carbocycles. The van der Waals surface area contributed by atoms with Crippen molar-refractivity contribution in [1.82, 2.24) is 0 Å². The fourth-order valence-electron chi connectivity index (χ4n) is 0. The minimum Gasteiger partial charge on any atom is -0.197 e. The summed E-state index contributed by atoms with van der Waals surface area (Å²) in [7, 11) is 0. The molecule has 0 bridgehead atoms. The van der Waals surface area contributed by atoms with Gasteiger partial charge in [-0.1, -0.05) is 0 Å². The summed E-state index contributed by atoms with van der Waals surface area (Å²) < 4.78 is 23.1. The third-order valence-electron chi connectivity index (χ3n) is 0. The van der Waals surface area contributed by atoms with E-state index in [1.165, 1.54) is 0 Å². The predicted octanol–water partition coefficient (Wildman–Crippen LogP) is -1.50. The van der Waals surface area contributed by atoms with E-state index in [0.29, 0.717) is 0 Å². The van der Waals surface area contributed by atoms with Crippen molar-refractivity contribution in [2.75, 3.05) is 0 Å². The molecular formula is H4O3SSe. The van der Waals surface area contributed by atoms with Crippen molar-refractivity contribution in [3.8, 4) is 0 Å². The van der Waals surface area contributed by atoms with Gasteiger partial charge in [0.25, 0.3) is 0 Å². The van der Waals surface area contributed by atoms with Gasteiger partial charge in [0.1, 0.15) is 0 Å². The van der Waals surface area contributed by atoms with Crippen LogP contribution in [0.25, 0.3) is 0 Å². The molecule has 0 aliphatic rings. The normalized spacial score (nSPS) is 7.00. The largest absolute Gasteiger partial charge is 0.197 e. The van der Waals surface area contributed by atoms with Crippen LogP contribution < -0.4 is 0 Å². The van der Waals surface area contributed by atoms with Gasteiger partial charge in [-0.15, -0.1) is 0 Å². The maximum absolute atomic E-state index is 8.76. The van der Waals surface area contributed by atoms with Crippen LogP contribution >= 0.6 is 13.5 Å². The molecule has 0 amide bonds. The van der Waals surface area contributed by atoms with E-state index in [4.69, 9.17) is 12.2 Å². The molecule has 0 unspecified atom stereocenters. The summed E-state index contributed by atoms with van der Waals surface area (Å²) in [4.78, 5) is 0. The third-order valence-corrected chi connectivity index (χ3v) is 0. The van der Waals surface area contributed by atoms with Crippen LogP contribution in [0.5, 0.6) is 0 Å². The molecule has 0 radical (unpaired) electrons. The van der Waals surface area contributed by atoms with Crippen molar-refractivity contribution in [2.24, 2.45) is 0 Å².